The number of ether oxygens (including phenoxy) is 1. The maximum Gasteiger partial charge on any atom is 0.257 e. The molecule has 0 aromatic heterocycles. The van der Waals surface area contributed by atoms with Crippen molar-refractivity contribution in [1.29, 1.82) is 0 Å². The predicted octanol–water partition coefficient (Wildman–Crippen LogP) is 5.20. The third kappa shape index (κ3) is 7.08. The summed E-state index contributed by atoms with van der Waals surface area (Å²) < 4.78 is 6.24. The average Bonchev–Trinajstić information content (AvgIpc) is 2.82. The molecule has 1 aliphatic rings. The lowest BCUT2D eigenvalue weighted by atomic mass is 10.0. The summed E-state index contributed by atoms with van der Waals surface area (Å²) in [7, 11) is 0. The number of aryl methyl sites for hydroxylation is 1. The van der Waals surface area contributed by atoms with Gasteiger partial charge in [0.15, 0.2) is 0 Å². The van der Waals surface area contributed by atoms with Crippen LogP contribution >= 0.6 is 0 Å². The molecule has 3 rings (SSSR count). The second kappa shape index (κ2) is 12.4. The van der Waals surface area contributed by atoms with Crippen molar-refractivity contribution in [1.82, 2.24) is 9.80 Å². The van der Waals surface area contributed by atoms with Gasteiger partial charge in [0, 0.05) is 26.1 Å². The van der Waals surface area contributed by atoms with Gasteiger partial charge in [0.2, 0.25) is 5.91 Å². The van der Waals surface area contributed by atoms with E-state index in [0.29, 0.717) is 49.9 Å². The molecule has 1 heterocycles. The Bertz CT molecular complexity index is 897. The van der Waals surface area contributed by atoms with E-state index in [1.807, 2.05) is 59.2 Å². The second-order valence-corrected chi connectivity index (χ2v) is 9.26. The summed E-state index contributed by atoms with van der Waals surface area (Å²) in [5, 5.41) is 0. The molecule has 0 fully saturated rings. The van der Waals surface area contributed by atoms with Gasteiger partial charge < -0.3 is 14.5 Å². The molecule has 5 nitrogen and oxygen atoms in total. The number of para-hydroxylation sites is 1. The zero-order chi connectivity index (χ0) is 23.6. The fraction of sp³-hybridized carbons (Fsp3) is 0.500. The Kier molecular flexibility index (Phi) is 9.35. The van der Waals surface area contributed by atoms with Crippen molar-refractivity contribution in [2.75, 3.05) is 26.2 Å². The van der Waals surface area contributed by atoms with Crippen molar-refractivity contribution < 1.29 is 14.3 Å². The van der Waals surface area contributed by atoms with Crippen LogP contribution < -0.4 is 4.74 Å². The minimum Gasteiger partial charge on any atom is -0.491 e. The number of benzene rings is 2. The molecule has 2 aromatic rings. The second-order valence-electron chi connectivity index (χ2n) is 9.26. The lowest BCUT2D eigenvalue weighted by molar-refractivity contribution is -0.134. The minimum absolute atomic E-state index is 0.0156. The van der Waals surface area contributed by atoms with Gasteiger partial charge in [0.05, 0.1) is 11.6 Å². The molecule has 1 atom stereocenters. The lowest BCUT2D eigenvalue weighted by Crippen LogP contribution is -2.45. The van der Waals surface area contributed by atoms with Crippen LogP contribution in [-0.2, 0) is 11.2 Å². The van der Waals surface area contributed by atoms with Gasteiger partial charge in [0.1, 0.15) is 12.4 Å². The number of fused-ring (bicyclic) bond motifs is 1. The van der Waals surface area contributed by atoms with Crippen LogP contribution in [0, 0.1) is 5.92 Å². The first-order chi connectivity index (χ1) is 16.0. The molecule has 0 aliphatic carbocycles. The molecule has 2 aromatic carbocycles. The number of carbonyl (C=O) groups is 2. The smallest absolute Gasteiger partial charge is 0.257 e. The SMILES string of the molecule is CCN1CCCCN(C(=O)CCc2ccccc2)[C@@H](CC(C)C)COc2ccccc2C1=O. The first-order valence-electron chi connectivity index (χ1n) is 12.3. The van der Waals surface area contributed by atoms with E-state index >= 15 is 0 Å². The van der Waals surface area contributed by atoms with Crippen LogP contribution in [0.25, 0.3) is 0 Å². The Morgan fingerprint density at radius 1 is 1.03 bits per heavy atom. The van der Waals surface area contributed by atoms with Crippen LogP contribution in [0.1, 0.15) is 62.4 Å². The molecule has 0 bridgehead atoms. The van der Waals surface area contributed by atoms with Gasteiger partial charge in [-0.15, -0.1) is 0 Å². The lowest BCUT2D eigenvalue weighted by Gasteiger charge is -2.34. The maximum absolute atomic E-state index is 13.4. The molecular weight excluding hydrogens is 412 g/mol. The van der Waals surface area contributed by atoms with E-state index in [-0.39, 0.29) is 17.9 Å². The zero-order valence-corrected chi connectivity index (χ0v) is 20.3. The van der Waals surface area contributed by atoms with Gasteiger partial charge in [-0.05, 0) is 56.2 Å². The van der Waals surface area contributed by atoms with E-state index < -0.39 is 0 Å². The number of amides is 2. The van der Waals surface area contributed by atoms with Crippen LogP contribution in [0.3, 0.4) is 0 Å². The molecule has 178 valence electrons. The summed E-state index contributed by atoms with van der Waals surface area (Å²) in [6.07, 6.45) is 3.85. The van der Waals surface area contributed by atoms with Crippen molar-refractivity contribution in [3.63, 3.8) is 0 Å². The predicted molar refractivity (Wildman–Crippen MR) is 132 cm³/mol. The third-order valence-corrected chi connectivity index (χ3v) is 6.27. The zero-order valence-electron chi connectivity index (χ0n) is 20.3. The van der Waals surface area contributed by atoms with Crippen molar-refractivity contribution in [2.45, 2.75) is 58.9 Å². The number of nitrogens with zero attached hydrogens (tertiary/aromatic N) is 2. The summed E-state index contributed by atoms with van der Waals surface area (Å²) >= 11 is 0. The molecule has 0 saturated carbocycles. The highest BCUT2D eigenvalue weighted by Crippen LogP contribution is 2.24. The van der Waals surface area contributed by atoms with Crippen LogP contribution in [0.2, 0.25) is 0 Å². The first-order valence-corrected chi connectivity index (χ1v) is 12.3. The molecule has 0 unspecified atom stereocenters. The standard InChI is InChI=1S/C28H38N2O3/c1-4-29-18-10-11-19-30(27(31)17-16-23-12-6-5-7-13-23)24(20-22(2)3)21-33-26-15-9-8-14-25(26)28(29)32/h5-9,12-15,22,24H,4,10-11,16-21H2,1-3H3/t24-/m0/s1. The van der Waals surface area contributed by atoms with E-state index in [2.05, 4.69) is 26.0 Å². The average molecular weight is 451 g/mol. The van der Waals surface area contributed by atoms with E-state index in [4.69, 9.17) is 4.74 Å². The molecule has 0 saturated heterocycles. The fourth-order valence-electron chi connectivity index (χ4n) is 4.49. The van der Waals surface area contributed by atoms with Crippen LogP contribution in [0.5, 0.6) is 5.75 Å². The number of hydrogen-bond donors (Lipinski definition) is 0. The highest BCUT2D eigenvalue weighted by atomic mass is 16.5. The minimum atomic E-state index is -0.0156. The molecule has 33 heavy (non-hydrogen) atoms. The highest BCUT2D eigenvalue weighted by molar-refractivity contribution is 5.96. The summed E-state index contributed by atoms with van der Waals surface area (Å²) in [4.78, 5) is 30.4. The van der Waals surface area contributed by atoms with E-state index in [9.17, 15) is 9.59 Å². The Hall–Kier alpha value is -2.82. The van der Waals surface area contributed by atoms with Crippen LogP contribution in [0.4, 0.5) is 0 Å². The van der Waals surface area contributed by atoms with Gasteiger partial charge in [-0.3, -0.25) is 9.59 Å². The number of hydrogen-bond acceptors (Lipinski definition) is 3. The molecular formula is C28H38N2O3. The van der Waals surface area contributed by atoms with E-state index in [1.54, 1.807) is 0 Å². The van der Waals surface area contributed by atoms with Gasteiger partial charge in [-0.1, -0.05) is 56.3 Å². The Morgan fingerprint density at radius 3 is 2.45 bits per heavy atom. The molecule has 0 radical (unpaired) electrons. The maximum atomic E-state index is 13.4. The van der Waals surface area contributed by atoms with Gasteiger partial charge in [0.25, 0.3) is 5.91 Å². The first kappa shape index (κ1) is 24.8. The van der Waals surface area contributed by atoms with Gasteiger partial charge >= 0.3 is 0 Å². The van der Waals surface area contributed by atoms with Crippen LogP contribution in [-0.4, -0.2) is 53.9 Å². The number of carbonyl (C=O) groups excluding carboxylic acids is 2. The molecule has 5 heteroatoms. The molecule has 1 aliphatic heterocycles. The monoisotopic (exact) mass is 450 g/mol. The topological polar surface area (TPSA) is 49.9 Å². The fourth-order valence-corrected chi connectivity index (χ4v) is 4.49. The van der Waals surface area contributed by atoms with E-state index in [0.717, 1.165) is 25.7 Å². The molecule has 0 spiro atoms. The Morgan fingerprint density at radius 2 is 1.73 bits per heavy atom. The Labute approximate surface area is 198 Å². The van der Waals surface area contributed by atoms with Gasteiger partial charge in [-0.2, -0.15) is 0 Å². The molecule has 0 N–H and O–H groups in total. The summed E-state index contributed by atoms with van der Waals surface area (Å²) in [5.74, 6) is 1.24. The largest absolute Gasteiger partial charge is 0.491 e. The normalized spacial score (nSPS) is 17.7. The van der Waals surface area contributed by atoms with Crippen molar-refractivity contribution in [3.05, 3.63) is 65.7 Å². The van der Waals surface area contributed by atoms with E-state index in [1.165, 1.54) is 5.56 Å². The Balaban J connectivity index is 1.82. The summed E-state index contributed by atoms with van der Waals surface area (Å²) in [5.41, 5.74) is 1.79. The molecule has 2 amide bonds. The van der Waals surface area contributed by atoms with Gasteiger partial charge in [-0.25, -0.2) is 0 Å². The number of rotatable bonds is 6. The summed E-state index contributed by atoms with van der Waals surface area (Å²) in [6, 6.07) is 17.6. The van der Waals surface area contributed by atoms with Crippen molar-refractivity contribution in [2.24, 2.45) is 5.92 Å². The van der Waals surface area contributed by atoms with Crippen molar-refractivity contribution in [3.8, 4) is 5.75 Å². The highest BCUT2D eigenvalue weighted by Gasteiger charge is 2.27. The van der Waals surface area contributed by atoms with Crippen molar-refractivity contribution >= 4 is 11.8 Å². The van der Waals surface area contributed by atoms with Crippen LogP contribution in [0.15, 0.2) is 54.6 Å². The quantitative estimate of drug-likeness (QED) is 0.608. The third-order valence-electron chi connectivity index (χ3n) is 6.27. The summed E-state index contributed by atoms with van der Waals surface area (Å²) in [6.45, 7) is 8.80.